The van der Waals surface area contributed by atoms with Crippen LogP contribution in [0.1, 0.15) is 23.6 Å². The van der Waals surface area contributed by atoms with Crippen LogP contribution in [0.15, 0.2) is 72.8 Å². The number of hydrogen-bond acceptors (Lipinski definition) is 7. The van der Waals surface area contributed by atoms with Gasteiger partial charge in [-0.15, -0.1) is 0 Å². The molecule has 8 nitrogen and oxygen atoms in total. The van der Waals surface area contributed by atoms with Gasteiger partial charge in [0.1, 0.15) is 24.8 Å². The first-order valence-corrected chi connectivity index (χ1v) is 13.1. The molecule has 1 aliphatic heterocycles. The van der Waals surface area contributed by atoms with E-state index < -0.39 is 12.2 Å². The second-order valence-electron chi connectivity index (χ2n) is 9.62. The van der Waals surface area contributed by atoms with E-state index >= 15 is 0 Å². The number of aliphatic hydroxyl groups is 1. The zero-order valence-corrected chi connectivity index (χ0v) is 22.5. The minimum atomic E-state index is -0.743. The van der Waals surface area contributed by atoms with Crippen LogP contribution < -0.4 is 9.64 Å². The van der Waals surface area contributed by atoms with Crippen molar-refractivity contribution in [1.82, 2.24) is 9.96 Å². The van der Waals surface area contributed by atoms with Crippen LogP contribution in [0.3, 0.4) is 0 Å². The van der Waals surface area contributed by atoms with Crippen molar-refractivity contribution >= 4 is 11.8 Å². The lowest BCUT2D eigenvalue weighted by molar-refractivity contribution is -0.161. The molecular formula is C30H36FN3O5. The molecule has 3 aromatic carbocycles. The number of anilines is 1. The van der Waals surface area contributed by atoms with E-state index in [-0.39, 0.29) is 25.6 Å². The quantitative estimate of drug-likeness (QED) is 0.358. The molecule has 3 aromatic rings. The molecule has 4 rings (SSSR count). The predicted molar refractivity (Wildman–Crippen MR) is 147 cm³/mol. The number of halogens is 1. The van der Waals surface area contributed by atoms with Crippen molar-refractivity contribution in [1.29, 1.82) is 0 Å². The van der Waals surface area contributed by atoms with Gasteiger partial charge in [0.2, 0.25) is 0 Å². The standard InChI is InChI=1S/C30H36FN3O5/c1-23(35)21-39-34(30(36)38-22-25-6-4-3-5-7-25)20-26-10-13-29(37-2)28(18-26)33-16-14-32(15-17-33)19-24-8-11-27(31)12-9-24/h3-13,18,23,35H,14-17,19-22H2,1-2H3. The molecule has 0 bridgehead atoms. The van der Waals surface area contributed by atoms with Crippen molar-refractivity contribution < 1.29 is 28.6 Å². The lowest BCUT2D eigenvalue weighted by atomic mass is 10.1. The normalized spacial score (nSPS) is 14.6. The molecule has 1 N–H and O–H groups in total. The Morgan fingerprint density at radius 2 is 1.67 bits per heavy atom. The van der Waals surface area contributed by atoms with Gasteiger partial charge < -0.3 is 19.5 Å². The van der Waals surface area contributed by atoms with E-state index in [0.717, 1.165) is 65.9 Å². The highest BCUT2D eigenvalue weighted by Gasteiger charge is 2.23. The molecule has 39 heavy (non-hydrogen) atoms. The molecule has 0 aliphatic carbocycles. The van der Waals surface area contributed by atoms with Gasteiger partial charge in [-0.25, -0.2) is 9.18 Å². The summed E-state index contributed by atoms with van der Waals surface area (Å²) in [5, 5.41) is 10.9. The molecule has 1 heterocycles. The van der Waals surface area contributed by atoms with Crippen molar-refractivity contribution in [3.05, 3.63) is 95.3 Å². The first-order chi connectivity index (χ1) is 18.9. The number of rotatable bonds is 11. The molecule has 9 heteroatoms. The average molecular weight is 538 g/mol. The first-order valence-electron chi connectivity index (χ1n) is 13.1. The number of piperazine rings is 1. The van der Waals surface area contributed by atoms with E-state index in [4.69, 9.17) is 14.3 Å². The molecule has 1 amide bonds. The number of ether oxygens (including phenoxy) is 2. The summed E-state index contributed by atoms with van der Waals surface area (Å²) in [5.74, 6) is 0.517. The van der Waals surface area contributed by atoms with Crippen LogP contribution in [0.25, 0.3) is 0 Å². The highest BCUT2D eigenvalue weighted by Crippen LogP contribution is 2.31. The van der Waals surface area contributed by atoms with Gasteiger partial charge >= 0.3 is 6.09 Å². The Morgan fingerprint density at radius 3 is 2.33 bits per heavy atom. The van der Waals surface area contributed by atoms with Crippen LogP contribution in [0.5, 0.6) is 5.75 Å². The summed E-state index contributed by atoms with van der Waals surface area (Å²) >= 11 is 0. The second kappa shape index (κ2) is 13.9. The fourth-order valence-corrected chi connectivity index (χ4v) is 4.39. The summed E-state index contributed by atoms with van der Waals surface area (Å²) in [7, 11) is 1.64. The number of aliphatic hydroxyl groups excluding tert-OH is 1. The molecule has 1 fully saturated rings. The summed E-state index contributed by atoms with van der Waals surface area (Å²) in [6.07, 6.45) is -1.38. The van der Waals surface area contributed by atoms with Gasteiger partial charge in [0.15, 0.2) is 0 Å². The number of benzene rings is 3. The number of amides is 1. The van der Waals surface area contributed by atoms with E-state index in [1.165, 1.54) is 12.1 Å². The molecule has 1 unspecified atom stereocenters. The molecule has 1 saturated heterocycles. The maximum atomic E-state index is 13.2. The molecule has 0 aromatic heterocycles. The molecule has 0 saturated carbocycles. The zero-order valence-electron chi connectivity index (χ0n) is 22.5. The third-order valence-corrected chi connectivity index (χ3v) is 6.48. The smallest absolute Gasteiger partial charge is 0.434 e. The van der Waals surface area contributed by atoms with Gasteiger partial charge in [-0.1, -0.05) is 48.5 Å². The molecule has 208 valence electrons. The van der Waals surface area contributed by atoms with Crippen LogP contribution in [0.2, 0.25) is 0 Å². The van der Waals surface area contributed by atoms with E-state index in [1.807, 2.05) is 60.7 Å². The number of carbonyl (C=O) groups is 1. The van der Waals surface area contributed by atoms with E-state index in [0.29, 0.717) is 0 Å². The molecule has 0 spiro atoms. The number of methoxy groups -OCH3 is 1. The SMILES string of the molecule is COc1ccc(CN(OCC(C)O)C(=O)OCc2ccccc2)cc1N1CCN(Cc2ccc(F)cc2)CC1. The van der Waals surface area contributed by atoms with Crippen molar-refractivity contribution in [3.8, 4) is 5.75 Å². The van der Waals surface area contributed by atoms with Gasteiger partial charge in [0.25, 0.3) is 0 Å². The Bertz CT molecular complexity index is 1180. The summed E-state index contributed by atoms with van der Waals surface area (Å²) in [5.41, 5.74) is 3.72. The Labute approximate surface area is 229 Å². The number of hydroxylamine groups is 2. The Hall–Kier alpha value is -3.66. The number of hydrogen-bond donors (Lipinski definition) is 1. The Kier molecular flexibility index (Phi) is 10.1. The van der Waals surface area contributed by atoms with E-state index in [2.05, 4.69) is 9.80 Å². The molecule has 1 aliphatic rings. The molecule has 1 atom stereocenters. The number of nitrogens with zero attached hydrogens (tertiary/aromatic N) is 3. The second-order valence-corrected chi connectivity index (χ2v) is 9.62. The Morgan fingerprint density at radius 1 is 0.974 bits per heavy atom. The highest BCUT2D eigenvalue weighted by molar-refractivity contribution is 5.67. The van der Waals surface area contributed by atoms with Crippen LogP contribution in [0, 0.1) is 5.82 Å². The maximum Gasteiger partial charge on any atom is 0.434 e. The van der Waals surface area contributed by atoms with Crippen molar-refractivity contribution in [2.75, 3.05) is 44.8 Å². The van der Waals surface area contributed by atoms with Gasteiger partial charge in [-0.3, -0.25) is 9.74 Å². The largest absolute Gasteiger partial charge is 0.495 e. The Balaban J connectivity index is 1.41. The number of carbonyl (C=O) groups excluding carboxylic acids is 1. The van der Waals surface area contributed by atoms with Gasteiger partial charge in [-0.2, -0.15) is 5.06 Å². The third-order valence-electron chi connectivity index (χ3n) is 6.48. The summed E-state index contributed by atoms with van der Waals surface area (Å²) < 4.78 is 24.4. The molecular weight excluding hydrogens is 501 g/mol. The van der Waals surface area contributed by atoms with Gasteiger partial charge in [-0.05, 0) is 47.9 Å². The minimum absolute atomic E-state index is 0.0422. The van der Waals surface area contributed by atoms with Crippen LogP contribution >= 0.6 is 0 Å². The van der Waals surface area contributed by atoms with E-state index in [1.54, 1.807) is 14.0 Å². The van der Waals surface area contributed by atoms with Crippen molar-refractivity contribution in [2.45, 2.75) is 32.7 Å². The maximum absolute atomic E-state index is 13.2. The minimum Gasteiger partial charge on any atom is -0.495 e. The van der Waals surface area contributed by atoms with E-state index in [9.17, 15) is 14.3 Å². The summed E-state index contributed by atoms with van der Waals surface area (Å²) in [4.78, 5) is 23.1. The monoisotopic (exact) mass is 537 g/mol. The summed E-state index contributed by atoms with van der Waals surface area (Å²) in [6.45, 7) is 5.86. The first kappa shape index (κ1) is 28.4. The fraction of sp³-hybridized carbons (Fsp3) is 0.367. The van der Waals surface area contributed by atoms with Crippen molar-refractivity contribution in [2.24, 2.45) is 0 Å². The predicted octanol–water partition coefficient (Wildman–Crippen LogP) is 4.61. The summed E-state index contributed by atoms with van der Waals surface area (Å²) in [6, 6.07) is 21.8. The fourth-order valence-electron chi connectivity index (χ4n) is 4.39. The van der Waals surface area contributed by atoms with Gasteiger partial charge in [0.05, 0.1) is 25.4 Å². The zero-order chi connectivity index (χ0) is 27.6. The van der Waals surface area contributed by atoms with Crippen molar-refractivity contribution in [3.63, 3.8) is 0 Å². The lowest BCUT2D eigenvalue weighted by Crippen LogP contribution is -2.46. The molecule has 0 radical (unpaired) electrons. The van der Waals surface area contributed by atoms with Crippen LogP contribution in [-0.2, 0) is 29.3 Å². The lowest BCUT2D eigenvalue weighted by Gasteiger charge is -2.37. The van der Waals surface area contributed by atoms with Crippen LogP contribution in [0.4, 0.5) is 14.9 Å². The van der Waals surface area contributed by atoms with Gasteiger partial charge in [0, 0.05) is 32.7 Å². The highest BCUT2D eigenvalue weighted by atomic mass is 19.1. The average Bonchev–Trinajstić information content (AvgIpc) is 2.96. The van der Waals surface area contributed by atoms with Crippen LogP contribution in [-0.4, -0.2) is 67.2 Å². The topological polar surface area (TPSA) is 74.7 Å². The third kappa shape index (κ3) is 8.41.